The standard InChI is InChI=1S/C14H17FN2O3S/c1-21(19,20)9-8-17-12(10-2-4-11(15)5-3-10)16-14(6-7-14)13(17)18/h2-5,12,16H,6-9H2,1H3. The number of carbonyl (C=O) groups is 1. The summed E-state index contributed by atoms with van der Waals surface area (Å²) in [7, 11) is -3.15. The molecule has 1 aromatic carbocycles. The third-order valence-corrected chi connectivity index (χ3v) is 4.96. The topological polar surface area (TPSA) is 66.5 Å². The SMILES string of the molecule is CS(=O)(=O)CCN1C(=O)C2(CC2)NC1c1ccc(F)cc1. The summed E-state index contributed by atoms with van der Waals surface area (Å²) < 4.78 is 35.7. The molecule has 1 aliphatic carbocycles. The lowest BCUT2D eigenvalue weighted by molar-refractivity contribution is -0.130. The summed E-state index contributed by atoms with van der Waals surface area (Å²) in [5.74, 6) is -0.471. The molecule has 1 unspecified atom stereocenters. The largest absolute Gasteiger partial charge is 0.320 e. The monoisotopic (exact) mass is 312 g/mol. The first-order chi connectivity index (χ1) is 9.81. The maximum atomic E-state index is 13.0. The van der Waals surface area contributed by atoms with Crippen molar-refractivity contribution in [2.75, 3.05) is 18.6 Å². The minimum Gasteiger partial charge on any atom is -0.320 e. The number of nitrogens with one attached hydrogen (secondary N) is 1. The second-order valence-electron chi connectivity index (χ2n) is 5.81. The molecule has 7 heteroatoms. The quantitative estimate of drug-likeness (QED) is 0.894. The molecule has 5 nitrogen and oxygen atoms in total. The van der Waals surface area contributed by atoms with Crippen molar-refractivity contribution in [2.24, 2.45) is 0 Å². The van der Waals surface area contributed by atoms with Gasteiger partial charge in [-0.3, -0.25) is 10.1 Å². The molecule has 1 aromatic rings. The molecule has 1 amide bonds. The molecule has 1 N–H and O–H groups in total. The van der Waals surface area contributed by atoms with Crippen LogP contribution >= 0.6 is 0 Å². The highest BCUT2D eigenvalue weighted by Gasteiger charge is 2.59. The minimum absolute atomic E-state index is 0.0551. The molecule has 0 aromatic heterocycles. The maximum Gasteiger partial charge on any atom is 0.244 e. The molecule has 3 rings (SSSR count). The average Bonchev–Trinajstić information content (AvgIpc) is 3.12. The van der Waals surface area contributed by atoms with Gasteiger partial charge in [0.25, 0.3) is 0 Å². The Balaban J connectivity index is 1.86. The number of amides is 1. The number of halogens is 1. The second-order valence-corrected chi connectivity index (χ2v) is 8.07. The van der Waals surface area contributed by atoms with Gasteiger partial charge in [0.15, 0.2) is 0 Å². The van der Waals surface area contributed by atoms with Crippen LogP contribution in [0, 0.1) is 5.82 Å². The van der Waals surface area contributed by atoms with Crippen molar-refractivity contribution in [1.82, 2.24) is 10.2 Å². The Morgan fingerprint density at radius 1 is 1.33 bits per heavy atom. The van der Waals surface area contributed by atoms with E-state index in [9.17, 15) is 17.6 Å². The number of benzene rings is 1. The molecule has 0 radical (unpaired) electrons. The van der Waals surface area contributed by atoms with E-state index in [0.717, 1.165) is 24.7 Å². The molecule has 1 saturated heterocycles. The normalized spacial score (nSPS) is 23.8. The fourth-order valence-corrected chi connectivity index (χ4v) is 3.21. The van der Waals surface area contributed by atoms with Gasteiger partial charge in [0.05, 0.1) is 5.75 Å². The van der Waals surface area contributed by atoms with Crippen LogP contribution in [0.25, 0.3) is 0 Å². The van der Waals surface area contributed by atoms with Gasteiger partial charge in [-0.25, -0.2) is 12.8 Å². The lowest BCUT2D eigenvalue weighted by atomic mass is 10.1. The Hall–Kier alpha value is -1.47. The Bertz CT molecular complexity index is 668. The molecule has 1 saturated carbocycles. The molecule has 21 heavy (non-hydrogen) atoms. The number of rotatable bonds is 4. The molecular formula is C14H17FN2O3S. The highest BCUT2D eigenvalue weighted by atomic mass is 32.2. The summed E-state index contributed by atoms with van der Waals surface area (Å²) in [5.41, 5.74) is 0.235. The summed E-state index contributed by atoms with van der Waals surface area (Å²) in [6.45, 7) is 0.147. The van der Waals surface area contributed by atoms with Crippen molar-refractivity contribution in [3.8, 4) is 0 Å². The molecule has 2 aliphatic rings. The zero-order valence-corrected chi connectivity index (χ0v) is 12.5. The number of carbonyl (C=O) groups excluding carboxylic acids is 1. The van der Waals surface area contributed by atoms with Crippen molar-refractivity contribution >= 4 is 15.7 Å². The highest BCUT2D eigenvalue weighted by molar-refractivity contribution is 7.90. The van der Waals surface area contributed by atoms with E-state index in [-0.39, 0.29) is 30.2 Å². The van der Waals surface area contributed by atoms with Gasteiger partial charge in [-0.15, -0.1) is 0 Å². The van der Waals surface area contributed by atoms with Gasteiger partial charge in [-0.1, -0.05) is 12.1 Å². The van der Waals surface area contributed by atoms with Crippen LogP contribution in [0.2, 0.25) is 0 Å². The molecule has 0 bridgehead atoms. The van der Waals surface area contributed by atoms with Gasteiger partial charge in [0.1, 0.15) is 27.4 Å². The summed E-state index contributed by atoms with van der Waals surface area (Å²) in [6.07, 6.45) is 2.29. The van der Waals surface area contributed by atoms with Crippen molar-refractivity contribution in [2.45, 2.75) is 24.5 Å². The third kappa shape index (κ3) is 2.80. The molecule has 2 fully saturated rings. The Morgan fingerprint density at radius 2 is 1.95 bits per heavy atom. The van der Waals surface area contributed by atoms with E-state index >= 15 is 0 Å². The van der Waals surface area contributed by atoms with Crippen LogP contribution in [0.1, 0.15) is 24.6 Å². The molecule has 1 spiro atoms. The van der Waals surface area contributed by atoms with Crippen LogP contribution in [0.5, 0.6) is 0 Å². The van der Waals surface area contributed by atoms with E-state index in [1.165, 1.54) is 12.1 Å². The van der Waals surface area contributed by atoms with Crippen LogP contribution in [0.4, 0.5) is 4.39 Å². The molecule has 1 atom stereocenters. The van der Waals surface area contributed by atoms with Gasteiger partial charge < -0.3 is 4.90 Å². The Morgan fingerprint density at radius 3 is 2.48 bits per heavy atom. The zero-order valence-electron chi connectivity index (χ0n) is 11.7. The van der Waals surface area contributed by atoms with Gasteiger partial charge in [-0.05, 0) is 30.5 Å². The average molecular weight is 312 g/mol. The fourth-order valence-electron chi connectivity index (χ4n) is 2.68. The van der Waals surface area contributed by atoms with Gasteiger partial charge in [0, 0.05) is 12.8 Å². The van der Waals surface area contributed by atoms with Crippen LogP contribution in [0.3, 0.4) is 0 Å². The maximum absolute atomic E-state index is 13.0. The van der Waals surface area contributed by atoms with E-state index in [1.807, 2.05) is 0 Å². The van der Waals surface area contributed by atoms with Crippen LogP contribution in [-0.2, 0) is 14.6 Å². The lowest BCUT2D eigenvalue weighted by Gasteiger charge is -2.24. The predicted molar refractivity (Wildman–Crippen MR) is 75.7 cm³/mol. The van der Waals surface area contributed by atoms with E-state index < -0.39 is 15.4 Å². The number of sulfone groups is 1. The lowest BCUT2D eigenvalue weighted by Crippen LogP contribution is -2.35. The fraction of sp³-hybridized carbons (Fsp3) is 0.500. The van der Waals surface area contributed by atoms with Crippen molar-refractivity contribution in [3.05, 3.63) is 35.6 Å². The summed E-state index contributed by atoms with van der Waals surface area (Å²) >= 11 is 0. The zero-order chi connectivity index (χ0) is 15.3. The van der Waals surface area contributed by atoms with Crippen molar-refractivity contribution in [3.63, 3.8) is 0 Å². The van der Waals surface area contributed by atoms with Gasteiger partial charge >= 0.3 is 0 Å². The molecule has 1 aliphatic heterocycles. The molecular weight excluding hydrogens is 295 g/mol. The first kappa shape index (κ1) is 14.5. The van der Waals surface area contributed by atoms with Crippen LogP contribution < -0.4 is 5.32 Å². The van der Waals surface area contributed by atoms with E-state index in [1.54, 1.807) is 17.0 Å². The van der Waals surface area contributed by atoms with E-state index in [0.29, 0.717) is 0 Å². The summed E-state index contributed by atoms with van der Waals surface area (Å²) in [5, 5.41) is 3.27. The number of hydrogen-bond acceptors (Lipinski definition) is 4. The Kier molecular flexibility index (Phi) is 3.29. The number of hydrogen-bond donors (Lipinski definition) is 1. The predicted octanol–water partition coefficient (Wildman–Crippen LogP) is 0.833. The molecule has 1 heterocycles. The first-order valence-corrected chi connectivity index (χ1v) is 8.89. The Labute approximate surface area is 123 Å². The molecule has 114 valence electrons. The second kappa shape index (κ2) is 4.78. The summed E-state index contributed by atoms with van der Waals surface area (Å²) in [4.78, 5) is 14.0. The highest BCUT2D eigenvalue weighted by Crippen LogP contribution is 2.45. The van der Waals surface area contributed by atoms with E-state index in [2.05, 4.69) is 5.32 Å². The first-order valence-electron chi connectivity index (χ1n) is 6.83. The van der Waals surface area contributed by atoms with Crippen LogP contribution in [0.15, 0.2) is 24.3 Å². The van der Waals surface area contributed by atoms with Crippen molar-refractivity contribution in [1.29, 1.82) is 0 Å². The summed E-state index contributed by atoms with van der Waals surface area (Å²) in [6, 6.07) is 5.92. The number of nitrogens with zero attached hydrogens (tertiary/aromatic N) is 1. The smallest absolute Gasteiger partial charge is 0.244 e. The third-order valence-electron chi connectivity index (χ3n) is 4.03. The van der Waals surface area contributed by atoms with Crippen molar-refractivity contribution < 1.29 is 17.6 Å². The van der Waals surface area contributed by atoms with Gasteiger partial charge in [0.2, 0.25) is 5.91 Å². The van der Waals surface area contributed by atoms with Crippen LogP contribution in [-0.4, -0.2) is 43.3 Å². The minimum atomic E-state index is -3.15. The van der Waals surface area contributed by atoms with E-state index in [4.69, 9.17) is 0 Å². The van der Waals surface area contributed by atoms with Gasteiger partial charge in [-0.2, -0.15) is 0 Å².